The molecular formula is C17H21NO3S. The predicted molar refractivity (Wildman–Crippen MR) is 88.9 cm³/mol. The summed E-state index contributed by atoms with van der Waals surface area (Å²) in [7, 11) is 0. The Labute approximate surface area is 134 Å². The summed E-state index contributed by atoms with van der Waals surface area (Å²) in [6.07, 6.45) is 3.99. The van der Waals surface area contributed by atoms with Gasteiger partial charge in [0.1, 0.15) is 15.6 Å². The number of nitrogens with zero attached hydrogens (tertiary/aromatic N) is 1. The monoisotopic (exact) mass is 319 g/mol. The topological polar surface area (TPSA) is 59.4 Å². The van der Waals surface area contributed by atoms with Gasteiger partial charge in [0.2, 0.25) is 0 Å². The molecule has 2 aromatic rings. The van der Waals surface area contributed by atoms with Crippen molar-refractivity contribution < 1.29 is 14.6 Å². The Morgan fingerprint density at radius 3 is 2.77 bits per heavy atom. The number of aromatic nitrogens is 1. The Hall–Kier alpha value is -1.88. The molecule has 5 heteroatoms. The standard InChI is InChI=1S/C17H21NO3S/c1-3-5-6-10-21-13-9-7-8-12(11-13)16-18-14(4-2)15(22-16)17(19)20/h7-9,11H,3-6,10H2,1-2H3,(H,19,20). The van der Waals surface area contributed by atoms with E-state index in [2.05, 4.69) is 11.9 Å². The summed E-state index contributed by atoms with van der Waals surface area (Å²) in [5, 5.41) is 9.95. The smallest absolute Gasteiger partial charge is 0.347 e. The summed E-state index contributed by atoms with van der Waals surface area (Å²) in [5.41, 5.74) is 1.54. The molecule has 0 fully saturated rings. The number of carbonyl (C=O) groups is 1. The Morgan fingerprint density at radius 2 is 2.14 bits per heavy atom. The fraction of sp³-hybridized carbons (Fsp3) is 0.412. The van der Waals surface area contributed by atoms with Crippen molar-refractivity contribution >= 4 is 17.3 Å². The van der Waals surface area contributed by atoms with Gasteiger partial charge in [0.15, 0.2) is 0 Å². The van der Waals surface area contributed by atoms with Gasteiger partial charge in [-0.05, 0) is 25.0 Å². The van der Waals surface area contributed by atoms with Crippen molar-refractivity contribution in [2.24, 2.45) is 0 Å². The van der Waals surface area contributed by atoms with Crippen LogP contribution in [0.4, 0.5) is 0 Å². The second-order valence-electron chi connectivity index (χ2n) is 5.04. The minimum absolute atomic E-state index is 0.326. The number of carboxylic acid groups (broad SMARTS) is 1. The van der Waals surface area contributed by atoms with E-state index in [0.29, 0.717) is 23.6 Å². The first-order valence-corrected chi connectivity index (χ1v) is 8.43. The van der Waals surface area contributed by atoms with Crippen molar-refractivity contribution in [3.05, 3.63) is 34.8 Å². The van der Waals surface area contributed by atoms with Crippen molar-refractivity contribution in [2.75, 3.05) is 6.61 Å². The molecule has 0 bridgehead atoms. The number of rotatable bonds is 8. The predicted octanol–water partition coefficient (Wildman–Crippen LogP) is 4.64. The van der Waals surface area contributed by atoms with Gasteiger partial charge in [0.25, 0.3) is 0 Å². The highest BCUT2D eigenvalue weighted by molar-refractivity contribution is 7.17. The minimum atomic E-state index is -0.910. The van der Waals surface area contributed by atoms with Crippen LogP contribution in [0.1, 0.15) is 48.5 Å². The molecule has 0 aliphatic rings. The Bertz CT molecular complexity index is 637. The maximum Gasteiger partial charge on any atom is 0.347 e. The first kappa shape index (κ1) is 16.5. The van der Waals surface area contributed by atoms with Gasteiger partial charge >= 0.3 is 5.97 Å². The van der Waals surface area contributed by atoms with Crippen molar-refractivity contribution in [1.82, 2.24) is 4.98 Å². The van der Waals surface area contributed by atoms with Gasteiger partial charge in [-0.2, -0.15) is 0 Å². The molecule has 2 rings (SSSR count). The summed E-state index contributed by atoms with van der Waals surface area (Å²) < 4.78 is 5.74. The highest BCUT2D eigenvalue weighted by atomic mass is 32.1. The fourth-order valence-corrected chi connectivity index (χ4v) is 3.13. The molecule has 1 N–H and O–H groups in total. The summed E-state index contributed by atoms with van der Waals surface area (Å²) in [6, 6.07) is 7.69. The zero-order valence-corrected chi connectivity index (χ0v) is 13.8. The third-order valence-electron chi connectivity index (χ3n) is 3.32. The number of unbranched alkanes of at least 4 members (excludes halogenated alkanes) is 2. The molecule has 0 atom stereocenters. The molecule has 118 valence electrons. The van der Waals surface area contributed by atoms with Gasteiger partial charge in [-0.25, -0.2) is 9.78 Å². The number of thiazole rings is 1. The summed E-state index contributed by atoms with van der Waals surface area (Å²) in [6.45, 7) is 4.78. The van der Waals surface area contributed by atoms with E-state index in [-0.39, 0.29) is 0 Å². The number of benzene rings is 1. The van der Waals surface area contributed by atoms with E-state index in [1.54, 1.807) is 0 Å². The number of ether oxygens (including phenoxy) is 1. The Balaban J connectivity index is 2.17. The van der Waals surface area contributed by atoms with Crippen LogP contribution >= 0.6 is 11.3 Å². The summed E-state index contributed by atoms with van der Waals surface area (Å²) in [4.78, 5) is 16.0. The largest absolute Gasteiger partial charge is 0.494 e. The van der Waals surface area contributed by atoms with Crippen LogP contribution in [0.5, 0.6) is 5.75 Å². The number of hydrogen-bond acceptors (Lipinski definition) is 4. The lowest BCUT2D eigenvalue weighted by Gasteiger charge is -2.06. The van der Waals surface area contributed by atoms with Crippen LogP contribution in [0.2, 0.25) is 0 Å². The zero-order valence-electron chi connectivity index (χ0n) is 13.0. The molecule has 0 spiro atoms. The molecular weight excluding hydrogens is 298 g/mol. The number of aryl methyl sites for hydroxylation is 1. The second kappa shape index (κ2) is 7.94. The van der Waals surface area contributed by atoms with Crippen LogP contribution in [0, 0.1) is 0 Å². The van der Waals surface area contributed by atoms with Gasteiger partial charge in [-0.1, -0.05) is 38.8 Å². The SMILES string of the molecule is CCCCCOc1cccc(-c2nc(CC)c(C(=O)O)s2)c1. The van der Waals surface area contributed by atoms with Crippen molar-refractivity contribution in [3.8, 4) is 16.3 Å². The van der Waals surface area contributed by atoms with Gasteiger partial charge in [-0.15, -0.1) is 11.3 Å². The highest BCUT2D eigenvalue weighted by Gasteiger charge is 2.17. The number of carboxylic acids is 1. The van der Waals surface area contributed by atoms with E-state index in [1.807, 2.05) is 31.2 Å². The van der Waals surface area contributed by atoms with Crippen LogP contribution in [0.25, 0.3) is 10.6 Å². The van der Waals surface area contributed by atoms with E-state index >= 15 is 0 Å². The lowest BCUT2D eigenvalue weighted by molar-refractivity contribution is 0.0701. The quantitative estimate of drug-likeness (QED) is 0.720. The molecule has 1 aromatic heterocycles. The molecule has 0 saturated heterocycles. The normalized spacial score (nSPS) is 10.6. The molecule has 0 radical (unpaired) electrons. The third-order valence-corrected chi connectivity index (χ3v) is 4.46. The first-order valence-electron chi connectivity index (χ1n) is 7.62. The maximum atomic E-state index is 11.2. The Morgan fingerprint density at radius 1 is 1.32 bits per heavy atom. The molecule has 1 aromatic carbocycles. The zero-order chi connectivity index (χ0) is 15.9. The molecule has 0 amide bonds. The lowest BCUT2D eigenvalue weighted by Crippen LogP contribution is -1.97. The lowest BCUT2D eigenvalue weighted by atomic mass is 10.2. The fourth-order valence-electron chi connectivity index (χ4n) is 2.14. The van der Waals surface area contributed by atoms with Crippen molar-refractivity contribution in [2.45, 2.75) is 39.5 Å². The van der Waals surface area contributed by atoms with E-state index in [1.165, 1.54) is 17.8 Å². The molecule has 22 heavy (non-hydrogen) atoms. The number of aromatic carboxylic acids is 1. The van der Waals surface area contributed by atoms with Gasteiger partial charge < -0.3 is 9.84 Å². The number of hydrogen-bond donors (Lipinski definition) is 1. The van der Waals surface area contributed by atoms with Crippen molar-refractivity contribution in [3.63, 3.8) is 0 Å². The molecule has 0 unspecified atom stereocenters. The Kier molecular flexibility index (Phi) is 5.95. The van der Waals surface area contributed by atoms with Gasteiger partial charge in [-0.3, -0.25) is 0 Å². The second-order valence-corrected chi connectivity index (χ2v) is 6.04. The minimum Gasteiger partial charge on any atom is -0.494 e. The average Bonchev–Trinajstić information content (AvgIpc) is 2.96. The van der Waals surface area contributed by atoms with E-state index in [0.717, 1.165) is 29.2 Å². The molecule has 1 heterocycles. The highest BCUT2D eigenvalue weighted by Crippen LogP contribution is 2.30. The maximum absolute atomic E-state index is 11.2. The molecule has 0 saturated carbocycles. The summed E-state index contributed by atoms with van der Waals surface area (Å²) >= 11 is 1.22. The van der Waals surface area contributed by atoms with Crippen LogP contribution in [-0.2, 0) is 6.42 Å². The van der Waals surface area contributed by atoms with Gasteiger partial charge in [0, 0.05) is 5.56 Å². The van der Waals surface area contributed by atoms with Crippen molar-refractivity contribution in [1.29, 1.82) is 0 Å². The van der Waals surface area contributed by atoms with Crippen LogP contribution in [0.3, 0.4) is 0 Å². The van der Waals surface area contributed by atoms with Crippen LogP contribution < -0.4 is 4.74 Å². The average molecular weight is 319 g/mol. The molecule has 0 aliphatic heterocycles. The van der Waals surface area contributed by atoms with Gasteiger partial charge in [0.05, 0.1) is 12.3 Å². The molecule has 0 aliphatic carbocycles. The molecule has 4 nitrogen and oxygen atoms in total. The van der Waals surface area contributed by atoms with Crippen LogP contribution in [-0.4, -0.2) is 22.7 Å². The first-order chi connectivity index (χ1) is 10.7. The third kappa shape index (κ3) is 4.07. The van der Waals surface area contributed by atoms with E-state index in [9.17, 15) is 9.90 Å². The summed E-state index contributed by atoms with van der Waals surface area (Å²) in [5.74, 6) is -0.105. The van der Waals surface area contributed by atoms with E-state index < -0.39 is 5.97 Å². The van der Waals surface area contributed by atoms with E-state index in [4.69, 9.17) is 4.74 Å². The van der Waals surface area contributed by atoms with Crippen LogP contribution in [0.15, 0.2) is 24.3 Å².